The van der Waals surface area contributed by atoms with Crippen LogP contribution in [0.4, 0.5) is 0 Å². The molecule has 0 spiro atoms. The van der Waals surface area contributed by atoms with Gasteiger partial charge in [0.25, 0.3) is 0 Å². The molecule has 1 aliphatic carbocycles. The second kappa shape index (κ2) is 3.77. The summed E-state index contributed by atoms with van der Waals surface area (Å²) in [7, 11) is 1.67. The van der Waals surface area contributed by atoms with Gasteiger partial charge in [0.1, 0.15) is 5.82 Å². The van der Waals surface area contributed by atoms with Gasteiger partial charge >= 0.3 is 0 Å². The van der Waals surface area contributed by atoms with Gasteiger partial charge in [0, 0.05) is 5.56 Å². The highest BCUT2D eigenvalue weighted by Crippen LogP contribution is 2.27. The van der Waals surface area contributed by atoms with E-state index in [9.17, 15) is 0 Å². The van der Waals surface area contributed by atoms with Crippen LogP contribution < -0.4 is 4.74 Å². The van der Waals surface area contributed by atoms with Crippen LogP contribution in [0.2, 0.25) is 0 Å². The smallest absolute Gasteiger partial charge is 0.219 e. The Balaban J connectivity index is 0.000000845. The largest absolute Gasteiger partial charge is 0.481 e. The zero-order valence-corrected chi connectivity index (χ0v) is 7.42. The molecule has 70 valence electrons. The summed E-state index contributed by atoms with van der Waals surface area (Å²) in [6, 6.07) is 0. The van der Waals surface area contributed by atoms with Crippen LogP contribution in [0.5, 0.6) is 5.88 Å². The maximum atomic E-state index is 5.19. The fraction of sp³-hybridized carbons (Fsp3) is 0.556. The lowest BCUT2D eigenvalue weighted by molar-refractivity contribution is 0.390. The fourth-order valence-electron chi connectivity index (χ4n) is 1.69. The molecule has 0 bridgehead atoms. The number of methoxy groups -OCH3 is 1. The maximum absolute atomic E-state index is 5.19. The van der Waals surface area contributed by atoms with Crippen molar-refractivity contribution in [1.29, 1.82) is 0 Å². The van der Waals surface area contributed by atoms with Crippen LogP contribution in [0.1, 0.15) is 23.5 Å². The van der Waals surface area contributed by atoms with Gasteiger partial charge in [-0.05, 0) is 26.2 Å². The molecule has 0 aliphatic heterocycles. The minimum atomic E-state index is 0. The van der Waals surface area contributed by atoms with Gasteiger partial charge in [-0.25, -0.2) is 4.98 Å². The van der Waals surface area contributed by atoms with Crippen LogP contribution in [-0.2, 0) is 12.8 Å². The first-order valence-corrected chi connectivity index (χ1v) is 4.21. The van der Waals surface area contributed by atoms with Gasteiger partial charge in [-0.1, -0.05) is 0 Å². The summed E-state index contributed by atoms with van der Waals surface area (Å²) in [5.41, 5.74) is 2.39. The van der Waals surface area contributed by atoms with Gasteiger partial charge in [0.2, 0.25) is 5.88 Å². The Morgan fingerprint density at radius 2 is 2.00 bits per heavy atom. The number of fused-ring (bicyclic) bond motifs is 1. The Kier molecular flexibility index (Phi) is 2.91. The van der Waals surface area contributed by atoms with Gasteiger partial charge in [0.05, 0.1) is 21.2 Å². The van der Waals surface area contributed by atoms with Crippen molar-refractivity contribution < 1.29 is 4.74 Å². The first kappa shape index (κ1) is 10.0. The molecule has 0 saturated heterocycles. The summed E-state index contributed by atoms with van der Waals surface area (Å²) in [5, 5.41) is 0. The van der Waals surface area contributed by atoms with E-state index in [0.29, 0.717) is 0 Å². The van der Waals surface area contributed by atoms with Crippen LogP contribution >= 0.6 is 0 Å². The van der Waals surface area contributed by atoms with Crippen LogP contribution in [-0.4, -0.2) is 25.5 Å². The van der Waals surface area contributed by atoms with Crippen molar-refractivity contribution in [3.63, 3.8) is 0 Å². The predicted molar refractivity (Wildman–Crippen MR) is 55.3 cm³/mol. The summed E-state index contributed by atoms with van der Waals surface area (Å²) in [4.78, 5) is 8.60. The molecule has 0 amide bonds. The molecule has 0 aromatic carbocycles. The normalized spacial score (nSPS) is 13.4. The summed E-state index contributed by atoms with van der Waals surface area (Å²) < 4.78 is 5.19. The fourth-order valence-corrected chi connectivity index (χ4v) is 1.69. The third-order valence-electron chi connectivity index (χ3n) is 2.20. The first-order valence-electron chi connectivity index (χ1n) is 4.21. The van der Waals surface area contributed by atoms with E-state index >= 15 is 0 Å². The molecule has 1 aromatic heterocycles. The van der Waals surface area contributed by atoms with Gasteiger partial charge in [0.15, 0.2) is 0 Å². The Labute approximate surface area is 80.1 Å². The van der Waals surface area contributed by atoms with E-state index in [0.717, 1.165) is 24.5 Å². The second-order valence-electron chi connectivity index (χ2n) is 3.06. The standard InChI is InChI=1S/C9H12N2O.BH3/c1-6-10-8-5-3-4-7(8)9(11-6)12-2;/h3-5H2,1-2H3;1H3. The van der Waals surface area contributed by atoms with Crippen LogP contribution in [0.25, 0.3) is 0 Å². The van der Waals surface area contributed by atoms with E-state index in [4.69, 9.17) is 4.74 Å². The van der Waals surface area contributed by atoms with Gasteiger partial charge in [-0.3, -0.25) is 0 Å². The summed E-state index contributed by atoms with van der Waals surface area (Å²) >= 11 is 0. The lowest BCUT2D eigenvalue weighted by Gasteiger charge is -2.05. The number of rotatable bonds is 1. The molecule has 1 heterocycles. The molecule has 0 saturated carbocycles. The first-order chi connectivity index (χ1) is 5.81. The SMILES string of the molecule is B.COc1nc(C)nc2c1CCC2. The average Bonchev–Trinajstić information content (AvgIpc) is 2.50. The Morgan fingerprint density at radius 3 is 2.69 bits per heavy atom. The van der Waals surface area contributed by atoms with Gasteiger partial charge in [-0.2, -0.15) is 4.98 Å². The van der Waals surface area contributed by atoms with E-state index in [-0.39, 0.29) is 8.41 Å². The summed E-state index contributed by atoms with van der Waals surface area (Å²) in [6.45, 7) is 1.90. The van der Waals surface area contributed by atoms with Crippen LogP contribution in [0, 0.1) is 6.92 Å². The topological polar surface area (TPSA) is 35.0 Å². The molecule has 1 aromatic rings. The number of ether oxygens (including phenoxy) is 1. The molecule has 3 nitrogen and oxygen atoms in total. The minimum absolute atomic E-state index is 0. The van der Waals surface area contributed by atoms with Gasteiger partial charge in [-0.15, -0.1) is 0 Å². The quantitative estimate of drug-likeness (QED) is 0.572. The number of hydrogen-bond acceptors (Lipinski definition) is 3. The molecule has 0 fully saturated rings. The highest BCUT2D eigenvalue weighted by molar-refractivity contribution is 5.75. The van der Waals surface area contributed by atoms with Crippen molar-refractivity contribution >= 4 is 8.41 Å². The number of aryl methyl sites for hydroxylation is 2. The van der Waals surface area contributed by atoms with Crippen molar-refractivity contribution in [1.82, 2.24) is 9.97 Å². The van der Waals surface area contributed by atoms with Crippen molar-refractivity contribution in [2.75, 3.05) is 7.11 Å². The molecule has 2 rings (SSSR count). The Bertz CT molecular complexity index is 315. The lowest BCUT2D eigenvalue weighted by atomic mass is 10.2. The average molecular weight is 178 g/mol. The second-order valence-corrected chi connectivity index (χ2v) is 3.06. The third-order valence-corrected chi connectivity index (χ3v) is 2.20. The highest BCUT2D eigenvalue weighted by atomic mass is 16.5. The molecular formula is C9H15BN2O. The molecule has 0 atom stereocenters. The van der Waals surface area contributed by atoms with E-state index in [2.05, 4.69) is 9.97 Å². The highest BCUT2D eigenvalue weighted by Gasteiger charge is 2.18. The molecular weight excluding hydrogens is 163 g/mol. The molecule has 0 unspecified atom stereocenters. The van der Waals surface area contributed by atoms with Crippen LogP contribution in [0.3, 0.4) is 0 Å². The molecule has 0 N–H and O–H groups in total. The predicted octanol–water partition coefficient (Wildman–Crippen LogP) is 0.0984. The minimum Gasteiger partial charge on any atom is -0.481 e. The molecule has 0 radical (unpaired) electrons. The van der Waals surface area contributed by atoms with E-state index in [1.165, 1.54) is 17.7 Å². The number of hydrogen-bond donors (Lipinski definition) is 0. The van der Waals surface area contributed by atoms with Crippen molar-refractivity contribution in [3.05, 3.63) is 17.1 Å². The Hall–Kier alpha value is -1.06. The van der Waals surface area contributed by atoms with E-state index in [1.807, 2.05) is 6.92 Å². The van der Waals surface area contributed by atoms with Crippen molar-refractivity contribution in [2.45, 2.75) is 26.2 Å². The number of nitrogens with zero attached hydrogens (tertiary/aromatic N) is 2. The molecule has 13 heavy (non-hydrogen) atoms. The number of aromatic nitrogens is 2. The van der Waals surface area contributed by atoms with Crippen molar-refractivity contribution in [3.8, 4) is 5.88 Å². The summed E-state index contributed by atoms with van der Waals surface area (Å²) in [5.74, 6) is 1.59. The zero-order valence-electron chi connectivity index (χ0n) is 7.42. The Morgan fingerprint density at radius 1 is 1.23 bits per heavy atom. The summed E-state index contributed by atoms with van der Waals surface area (Å²) in [6.07, 6.45) is 3.33. The van der Waals surface area contributed by atoms with E-state index in [1.54, 1.807) is 7.11 Å². The monoisotopic (exact) mass is 178 g/mol. The molecule has 4 heteroatoms. The molecule has 1 aliphatic rings. The lowest BCUT2D eigenvalue weighted by Crippen LogP contribution is -2.00. The van der Waals surface area contributed by atoms with Crippen LogP contribution in [0.15, 0.2) is 0 Å². The van der Waals surface area contributed by atoms with E-state index < -0.39 is 0 Å². The third kappa shape index (κ3) is 1.66. The zero-order chi connectivity index (χ0) is 8.55. The maximum Gasteiger partial charge on any atom is 0.219 e. The van der Waals surface area contributed by atoms with Gasteiger partial charge < -0.3 is 4.74 Å². The van der Waals surface area contributed by atoms with Crippen molar-refractivity contribution in [2.24, 2.45) is 0 Å².